The van der Waals surface area contributed by atoms with Gasteiger partial charge >= 0.3 is 0 Å². The summed E-state index contributed by atoms with van der Waals surface area (Å²) in [5.41, 5.74) is 1.56. The largest absolute Gasteiger partial charge is 0.324 e. The van der Waals surface area contributed by atoms with Gasteiger partial charge in [0.05, 0.1) is 5.92 Å². The number of carbonyl (C=O) groups excluding carboxylic acids is 2. The lowest BCUT2D eigenvalue weighted by Gasteiger charge is -2.35. The first kappa shape index (κ1) is 20.0. The summed E-state index contributed by atoms with van der Waals surface area (Å²) >= 11 is 3.51. The Hall–Kier alpha value is -2.90. The highest BCUT2D eigenvalue weighted by Crippen LogP contribution is 2.55. The zero-order valence-corrected chi connectivity index (χ0v) is 18.3. The predicted molar refractivity (Wildman–Crippen MR) is 118 cm³/mol. The molecule has 2 aliphatic heterocycles. The average molecular weight is 480 g/mol. The number of fused-ring (bicyclic) bond motifs is 2. The molecule has 2 aliphatic rings. The van der Waals surface area contributed by atoms with Gasteiger partial charge in [-0.2, -0.15) is 0 Å². The summed E-state index contributed by atoms with van der Waals surface area (Å²) in [4.78, 5) is 33.5. The van der Waals surface area contributed by atoms with Crippen molar-refractivity contribution in [1.82, 2.24) is 9.88 Å². The van der Waals surface area contributed by atoms with Crippen molar-refractivity contribution < 1.29 is 14.0 Å². The van der Waals surface area contributed by atoms with E-state index in [1.165, 1.54) is 18.3 Å². The number of halogens is 2. The fourth-order valence-electron chi connectivity index (χ4n) is 5.11. The number of rotatable bonds is 3. The van der Waals surface area contributed by atoms with Gasteiger partial charge in [-0.25, -0.2) is 4.39 Å². The second kappa shape index (κ2) is 7.35. The van der Waals surface area contributed by atoms with E-state index in [-0.39, 0.29) is 23.4 Å². The van der Waals surface area contributed by atoms with Gasteiger partial charge in [0.25, 0.3) is 0 Å². The number of ketones is 1. The van der Waals surface area contributed by atoms with Crippen LogP contribution in [0.15, 0.2) is 71.5 Å². The predicted octanol–water partition coefficient (Wildman–Crippen LogP) is 4.36. The van der Waals surface area contributed by atoms with Crippen LogP contribution < -0.4 is 5.32 Å². The van der Waals surface area contributed by atoms with Crippen molar-refractivity contribution in [2.45, 2.75) is 11.5 Å². The average Bonchev–Trinajstić information content (AvgIpc) is 3.24. The molecule has 1 aromatic heterocycles. The molecule has 1 fully saturated rings. The first-order valence-corrected chi connectivity index (χ1v) is 10.7. The summed E-state index contributed by atoms with van der Waals surface area (Å²) in [6.07, 6.45) is 3.14. The SMILES string of the molecule is CN1CC(c2ccc(F)cc2)C(C(=O)c2cccnc2)C12C(=O)Nc1ccc(Br)cc12. The van der Waals surface area contributed by atoms with Crippen molar-refractivity contribution in [3.8, 4) is 0 Å². The van der Waals surface area contributed by atoms with Crippen molar-refractivity contribution in [1.29, 1.82) is 0 Å². The molecule has 0 bridgehead atoms. The Morgan fingerprint density at radius 1 is 1.23 bits per heavy atom. The lowest BCUT2D eigenvalue weighted by molar-refractivity contribution is -0.126. The molecule has 0 aliphatic carbocycles. The monoisotopic (exact) mass is 479 g/mol. The van der Waals surface area contributed by atoms with Crippen LogP contribution in [0.1, 0.15) is 27.4 Å². The van der Waals surface area contributed by atoms with E-state index in [2.05, 4.69) is 26.2 Å². The molecule has 2 aromatic carbocycles. The second-order valence-corrected chi connectivity index (χ2v) is 8.95. The van der Waals surface area contributed by atoms with Crippen molar-refractivity contribution in [2.75, 3.05) is 18.9 Å². The molecule has 3 atom stereocenters. The molecular formula is C24H19BrFN3O2. The zero-order valence-electron chi connectivity index (χ0n) is 16.7. The highest BCUT2D eigenvalue weighted by atomic mass is 79.9. The Kier molecular flexibility index (Phi) is 4.75. The quantitative estimate of drug-likeness (QED) is 0.566. The summed E-state index contributed by atoms with van der Waals surface area (Å²) in [6.45, 7) is 0.474. The normalized spacial score (nSPS) is 24.9. The lowest BCUT2D eigenvalue weighted by Crippen LogP contribution is -2.51. The number of nitrogens with one attached hydrogen (secondary N) is 1. The highest BCUT2D eigenvalue weighted by molar-refractivity contribution is 9.10. The molecule has 3 aromatic rings. The van der Waals surface area contributed by atoms with Gasteiger partial charge in [-0.3, -0.25) is 19.5 Å². The molecule has 1 spiro atoms. The molecule has 156 valence electrons. The van der Waals surface area contributed by atoms with Crippen LogP contribution in [0.25, 0.3) is 0 Å². The first-order valence-electron chi connectivity index (χ1n) is 9.95. The van der Waals surface area contributed by atoms with Crippen LogP contribution in [0.3, 0.4) is 0 Å². The van der Waals surface area contributed by atoms with Crippen molar-refractivity contribution in [2.24, 2.45) is 5.92 Å². The van der Waals surface area contributed by atoms with Crippen molar-refractivity contribution in [3.63, 3.8) is 0 Å². The minimum atomic E-state index is -1.18. The number of carbonyl (C=O) groups is 2. The molecule has 0 radical (unpaired) electrons. The summed E-state index contributed by atoms with van der Waals surface area (Å²) in [5, 5.41) is 2.98. The number of amides is 1. The smallest absolute Gasteiger partial charge is 0.250 e. The van der Waals surface area contributed by atoms with Gasteiger partial charge in [0.15, 0.2) is 5.78 Å². The molecule has 1 saturated heterocycles. The second-order valence-electron chi connectivity index (χ2n) is 8.03. The summed E-state index contributed by atoms with van der Waals surface area (Å²) < 4.78 is 14.4. The van der Waals surface area contributed by atoms with Crippen molar-refractivity contribution in [3.05, 3.63) is 94.0 Å². The van der Waals surface area contributed by atoms with Crippen LogP contribution in [0.5, 0.6) is 0 Å². The summed E-state index contributed by atoms with van der Waals surface area (Å²) in [6, 6.07) is 15.2. The van der Waals surface area contributed by atoms with E-state index >= 15 is 0 Å². The number of benzene rings is 2. The van der Waals surface area contributed by atoms with Crippen molar-refractivity contribution >= 4 is 33.3 Å². The summed E-state index contributed by atoms with van der Waals surface area (Å²) in [7, 11) is 1.86. The number of anilines is 1. The third kappa shape index (κ3) is 2.95. The third-order valence-electron chi connectivity index (χ3n) is 6.44. The van der Waals surface area contributed by atoms with Gasteiger partial charge in [-0.05, 0) is 55.1 Å². The third-order valence-corrected chi connectivity index (χ3v) is 6.93. The van der Waals surface area contributed by atoms with Crippen LogP contribution in [-0.2, 0) is 10.3 Å². The molecule has 5 nitrogen and oxygen atoms in total. The van der Waals surface area contributed by atoms with Crippen LogP contribution in [0.4, 0.5) is 10.1 Å². The van der Waals surface area contributed by atoms with Gasteiger partial charge in [-0.1, -0.05) is 28.1 Å². The van der Waals surface area contributed by atoms with Crippen LogP contribution >= 0.6 is 15.9 Å². The van der Waals surface area contributed by atoms with Gasteiger partial charge in [0.1, 0.15) is 11.4 Å². The number of aromatic nitrogens is 1. The fraction of sp³-hybridized carbons (Fsp3) is 0.208. The molecular weight excluding hydrogens is 461 g/mol. The van der Waals surface area contributed by atoms with Gasteiger partial charge in [-0.15, -0.1) is 0 Å². The van der Waals surface area contributed by atoms with Crippen LogP contribution in [0.2, 0.25) is 0 Å². The molecule has 0 saturated carbocycles. The van der Waals surface area contributed by atoms with E-state index in [0.29, 0.717) is 17.8 Å². The number of nitrogens with zero attached hydrogens (tertiary/aromatic N) is 2. The minimum absolute atomic E-state index is 0.158. The van der Waals surface area contributed by atoms with E-state index in [0.717, 1.165) is 15.6 Å². The Balaban J connectivity index is 1.74. The van der Waals surface area contributed by atoms with E-state index < -0.39 is 11.5 Å². The van der Waals surface area contributed by atoms with Gasteiger partial charge in [0, 0.05) is 46.1 Å². The number of likely N-dealkylation sites (N-methyl/N-ethyl adjacent to an activating group) is 1. The number of Topliss-reactive ketones (excluding diaryl/α,β-unsaturated/α-hetero) is 1. The van der Waals surface area contributed by atoms with E-state index in [4.69, 9.17) is 0 Å². The lowest BCUT2D eigenvalue weighted by atomic mass is 9.70. The fourth-order valence-corrected chi connectivity index (χ4v) is 5.47. The van der Waals surface area contributed by atoms with E-state index in [9.17, 15) is 14.0 Å². The number of pyridine rings is 1. The number of hydrogen-bond acceptors (Lipinski definition) is 4. The van der Waals surface area contributed by atoms with Crippen LogP contribution in [-0.4, -0.2) is 35.2 Å². The van der Waals surface area contributed by atoms with E-state index in [1.54, 1.807) is 30.5 Å². The molecule has 7 heteroatoms. The maximum absolute atomic E-state index is 13.9. The van der Waals surface area contributed by atoms with Gasteiger partial charge in [0.2, 0.25) is 5.91 Å². The van der Waals surface area contributed by atoms with Crippen LogP contribution in [0, 0.1) is 11.7 Å². The number of hydrogen-bond donors (Lipinski definition) is 1. The van der Waals surface area contributed by atoms with E-state index in [1.807, 2.05) is 30.1 Å². The first-order chi connectivity index (χ1) is 14.9. The maximum atomic E-state index is 13.9. The Morgan fingerprint density at radius 3 is 2.71 bits per heavy atom. The molecule has 1 amide bonds. The number of likely N-dealkylation sites (tertiary alicyclic amines) is 1. The Morgan fingerprint density at radius 2 is 2.00 bits per heavy atom. The highest BCUT2D eigenvalue weighted by Gasteiger charge is 2.64. The topological polar surface area (TPSA) is 62.3 Å². The van der Waals surface area contributed by atoms with Gasteiger partial charge < -0.3 is 5.32 Å². The molecule has 3 heterocycles. The molecule has 3 unspecified atom stereocenters. The Bertz CT molecular complexity index is 1190. The molecule has 31 heavy (non-hydrogen) atoms. The zero-order chi connectivity index (χ0) is 21.8. The maximum Gasteiger partial charge on any atom is 0.250 e. The Labute approximate surface area is 187 Å². The minimum Gasteiger partial charge on any atom is -0.324 e. The summed E-state index contributed by atoms with van der Waals surface area (Å²) in [5.74, 6) is -1.73. The molecule has 5 rings (SSSR count). The standard InChI is InChI=1S/C24H19BrFN3O2/c1-29-13-18(14-4-7-17(26)8-5-14)21(22(30)15-3-2-10-27-12-15)24(29)19-11-16(25)6-9-20(19)28-23(24)31/h2-12,18,21H,13H2,1H3,(H,28,31). The molecule has 1 N–H and O–H groups in total.